The standard InChI is InChI=1S/C17H23NO10/c19-7-11(21)13(22)14-12(10(20)6-17(26,28-14)15(23)24)18-16(25)27-8-9-4-2-1-3-5-9/h1-5,10-14,19-22,26H,6-8H2,(H,18,25)(H,23,24)/t10-,11-,12-,13-,14-,17-/m1/s1. The molecule has 1 fully saturated rings. The molecular formula is C17H23NO10. The van der Waals surface area contributed by atoms with Gasteiger partial charge < -0.3 is 45.4 Å². The van der Waals surface area contributed by atoms with Crippen molar-refractivity contribution in [3.05, 3.63) is 35.9 Å². The summed E-state index contributed by atoms with van der Waals surface area (Å²) < 4.78 is 9.98. The van der Waals surface area contributed by atoms with Crippen molar-refractivity contribution in [2.24, 2.45) is 0 Å². The third-order valence-corrected chi connectivity index (χ3v) is 4.33. The van der Waals surface area contributed by atoms with Crippen LogP contribution in [-0.4, -0.2) is 85.6 Å². The number of alkyl carbamates (subject to hydrolysis) is 1. The molecule has 0 bridgehead atoms. The molecule has 0 saturated carbocycles. The summed E-state index contributed by atoms with van der Waals surface area (Å²) in [5.74, 6) is -4.68. The Kier molecular flexibility index (Phi) is 7.29. The van der Waals surface area contributed by atoms with E-state index in [2.05, 4.69) is 5.32 Å². The Labute approximate surface area is 159 Å². The summed E-state index contributed by atoms with van der Waals surface area (Å²) >= 11 is 0. The number of benzene rings is 1. The average Bonchev–Trinajstić information content (AvgIpc) is 2.67. The lowest BCUT2D eigenvalue weighted by molar-refractivity contribution is -0.294. The fraction of sp³-hybridized carbons (Fsp3) is 0.529. The van der Waals surface area contributed by atoms with Gasteiger partial charge in [0.2, 0.25) is 0 Å². The van der Waals surface area contributed by atoms with Crippen LogP contribution >= 0.6 is 0 Å². The van der Waals surface area contributed by atoms with Crippen LogP contribution in [0.3, 0.4) is 0 Å². The number of aliphatic hydroxyl groups is 5. The average molecular weight is 401 g/mol. The zero-order valence-corrected chi connectivity index (χ0v) is 14.7. The molecule has 28 heavy (non-hydrogen) atoms. The first kappa shape index (κ1) is 22.0. The summed E-state index contributed by atoms with van der Waals surface area (Å²) in [4.78, 5) is 23.3. The van der Waals surface area contributed by atoms with Gasteiger partial charge in [0.05, 0.1) is 18.8 Å². The first-order valence-electron chi connectivity index (χ1n) is 8.44. The number of aliphatic hydroxyl groups excluding tert-OH is 4. The van der Waals surface area contributed by atoms with Gasteiger partial charge in [0.15, 0.2) is 0 Å². The number of carbonyl (C=O) groups excluding carboxylic acids is 1. The fourth-order valence-electron chi connectivity index (χ4n) is 2.80. The van der Waals surface area contributed by atoms with Gasteiger partial charge >= 0.3 is 12.1 Å². The summed E-state index contributed by atoms with van der Waals surface area (Å²) in [5, 5.41) is 60.3. The Bertz CT molecular complexity index is 671. The number of carboxylic acid groups (broad SMARTS) is 1. The quantitative estimate of drug-likeness (QED) is 0.267. The maximum Gasteiger partial charge on any atom is 0.407 e. The molecular weight excluding hydrogens is 378 g/mol. The van der Waals surface area contributed by atoms with Crippen LogP contribution in [0.25, 0.3) is 0 Å². The fourth-order valence-corrected chi connectivity index (χ4v) is 2.80. The summed E-state index contributed by atoms with van der Waals surface area (Å²) in [7, 11) is 0. The van der Waals surface area contributed by atoms with Crippen molar-refractivity contribution < 1.29 is 49.7 Å². The zero-order chi connectivity index (χ0) is 20.9. The highest BCUT2D eigenvalue weighted by atomic mass is 16.7. The highest BCUT2D eigenvalue weighted by Gasteiger charge is 2.54. The smallest absolute Gasteiger partial charge is 0.407 e. The van der Waals surface area contributed by atoms with E-state index in [-0.39, 0.29) is 6.61 Å². The van der Waals surface area contributed by atoms with Crippen molar-refractivity contribution in [2.75, 3.05) is 6.61 Å². The van der Waals surface area contributed by atoms with Gasteiger partial charge in [0.1, 0.15) is 24.9 Å². The number of nitrogens with one attached hydrogen (secondary N) is 1. The maximum atomic E-state index is 12.1. The minimum absolute atomic E-state index is 0.0953. The molecule has 1 aliphatic rings. The van der Waals surface area contributed by atoms with Gasteiger partial charge in [0.25, 0.3) is 5.79 Å². The molecule has 2 rings (SSSR count). The van der Waals surface area contributed by atoms with E-state index in [0.717, 1.165) is 0 Å². The lowest BCUT2D eigenvalue weighted by Crippen LogP contribution is -2.67. The molecule has 1 aliphatic heterocycles. The Hall–Kier alpha value is -2.28. The second kappa shape index (κ2) is 9.28. The van der Waals surface area contributed by atoms with Gasteiger partial charge in [-0.15, -0.1) is 0 Å². The molecule has 1 saturated heterocycles. The molecule has 0 aliphatic carbocycles. The van der Waals surface area contributed by atoms with Crippen LogP contribution in [0.15, 0.2) is 30.3 Å². The van der Waals surface area contributed by atoms with Gasteiger partial charge in [-0.2, -0.15) is 0 Å². The van der Waals surface area contributed by atoms with Gasteiger partial charge in [-0.3, -0.25) is 0 Å². The van der Waals surface area contributed by atoms with Crippen molar-refractivity contribution in [1.29, 1.82) is 0 Å². The summed E-state index contributed by atoms with van der Waals surface area (Å²) in [6.45, 7) is -1.00. The van der Waals surface area contributed by atoms with Crippen LogP contribution in [-0.2, 0) is 20.9 Å². The first-order valence-corrected chi connectivity index (χ1v) is 8.44. The first-order chi connectivity index (χ1) is 13.2. The number of ether oxygens (including phenoxy) is 2. The molecule has 0 spiro atoms. The number of hydrogen-bond acceptors (Lipinski definition) is 9. The van der Waals surface area contributed by atoms with Crippen molar-refractivity contribution in [3.63, 3.8) is 0 Å². The Morgan fingerprint density at radius 2 is 1.93 bits per heavy atom. The van der Waals surface area contributed by atoms with E-state index in [1.807, 2.05) is 0 Å². The molecule has 156 valence electrons. The third kappa shape index (κ3) is 5.16. The lowest BCUT2D eigenvalue weighted by atomic mass is 9.89. The minimum atomic E-state index is -2.85. The molecule has 0 unspecified atom stereocenters. The van der Waals surface area contributed by atoms with E-state index in [1.54, 1.807) is 30.3 Å². The predicted molar refractivity (Wildman–Crippen MR) is 90.7 cm³/mol. The normalized spacial score (nSPS) is 29.5. The molecule has 1 aromatic carbocycles. The molecule has 11 heteroatoms. The van der Waals surface area contributed by atoms with Gasteiger partial charge in [-0.25, -0.2) is 9.59 Å². The Morgan fingerprint density at radius 1 is 1.29 bits per heavy atom. The Morgan fingerprint density at radius 3 is 2.50 bits per heavy atom. The minimum Gasteiger partial charge on any atom is -0.477 e. The maximum absolute atomic E-state index is 12.1. The predicted octanol–water partition coefficient (Wildman–Crippen LogP) is -2.08. The third-order valence-electron chi connectivity index (χ3n) is 4.33. The van der Waals surface area contributed by atoms with Gasteiger partial charge in [0, 0.05) is 6.42 Å². The van der Waals surface area contributed by atoms with Crippen LogP contribution in [0, 0.1) is 0 Å². The van der Waals surface area contributed by atoms with Crippen molar-refractivity contribution in [2.45, 2.75) is 49.3 Å². The molecule has 1 aromatic rings. The largest absolute Gasteiger partial charge is 0.477 e. The van der Waals surface area contributed by atoms with Crippen LogP contribution < -0.4 is 5.32 Å². The van der Waals surface area contributed by atoms with Crippen molar-refractivity contribution >= 4 is 12.1 Å². The van der Waals surface area contributed by atoms with Gasteiger partial charge in [-0.05, 0) is 5.56 Å². The van der Waals surface area contributed by atoms with Crippen LogP contribution in [0.2, 0.25) is 0 Å². The van der Waals surface area contributed by atoms with E-state index in [9.17, 15) is 30.0 Å². The molecule has 1 heterocycles. The molecule has 7 N–H and O–H groups in total. The number of amides is 1. The summed E-state index contributed by atoms with van der Waals surface area (Å²) in [5.41, 5.74) is 0.686. The van der Waals surface area contributed by atoms with Crippen LogP contribution in [0.5, 0.6) is 0 Å². The highest BCUT2D eigenvalue weighted by molar-refractivity contribution is 5.75. The van der Waals surface area contributed by atoms with E-state index in [0.29, 0.717) is 5.56 Å². The SMILES string of the molecule is O=C(N[C@H]1[C@H]([C@H](O)[C@H](O)CO)O[C@@](O)(C(=O)O)C[C@H]1O)OCc1ccccc1. The molecule has 0 aromatic heterocycles. The van der Waals surface area contributed by atoms with Crippen molar-refractivity contribution in [1.82, 2.24) is 5.32 Å². The highest BCUT2D eigenvalue weighted by Crippen LogP contribution is 2.30. The molecule has 0 radical (unpaired) electrons. The van der Waals surface area contributed by atoms with E-state index >= 15 is 0 Å². The monoisotopic (exact) mass is 401 g/mol. The number of carboxylic acids is 1. The van der Waals surface area contributed by atoms with Crippen LogP contribution in [0.4, 0.5) is 4.79 Å². The van der Waals surface area contributed by atoms with E-state index < -0.39 is 61.3 Å². The summed E-state index contributed by atoms with van der Waals surface area (Å²) in [6, 6.07) is 7.25. The second-order valence-corrected chi connectivity index (χ2v) is 6.42. The summed E-state index contributed by atoms with van der Waals surface area (Å²) in [6.07, 6.45) is -8.94. The molecule has 6 atom stereocenters. The van der Waals surface area contributed by atoms with Gasteiger partial charge in [-0.1, -0.05) is 30.3 Å². The molecule has 1 amide bonds. The molecule has 11 nitrogen and oxygen atoms in total. The second-order valence-electron chi connectivity index (χ2n) is 6.42. The van der Waals surface area contributed by atoms with Crippen molar-refractivity contribution in [3.8, 4) is 0 Å². The number of rotatable bonds is 7. The lowest BCUT2D eigenvalue weighted by Gasteiger charge is -2.44. The number of carbonyl (C=O) groups is 2. The topological polar surface area (TPSA) is 186 Å². The number of aliphatic carboxylic acids is 1. The van der Waals surface area contributed by atoms with Crippen LogP contribution in [0.1, 0.15) is 12.0 Å². The van der Waals surface area contributed by atoms with E-state index in [4.69, 9.17) is 19.7 Å². The van der Waals surface area contributed by atoms with E-state index in [1.165, 1.54) is 0 Å². The Balaban J connectivity index is 2.11. The zero-order valence-electron chi connectivity index (χ0n) is 14.7. The number of hydrogen-bond donors (Lipinski definition) is 7.